The van der Waals surface area contributed by atoms with Gasteiger partial charge in [0.1, 0.15) is 0 Å². The maximum Gasteiger partial charge on any atom is 0.422 e. The van der Waals surface area contributed by atoms with Crippen LogP contribution in [0.15, 0.2) is 18.5 Å². The minimum Gasteiger partial charge on any atom is -0.440 e. The molecular formula is C19H18F5N7O4. The Labute approximate surface area is 193 Å². The second-order valence-electron chi connectivity index (χ2n) is 8.77. The molecule has 16 heteroatoms. The molecule has 1 spiro atoms. The number of hydrogen-bond donors (Lipinski definition) is 2. The van der Waals surface area contributed by atoms with Gasteiger partial charge in [-0.2, -0.15) is 18.3 Å². The standard InChI is InChI=1S/C19H18F5N7O4/c20-18(21)8-29(5-17(18)6-30(7-17)16(34)35-9-19(22,23)24)12-3-11(28-31-2-1-25-13(12)31)10-4-26-15(33)27-14(10)32/h1-3,10H,4-9H2,(H2,26,27,32,33). The first-order valence-electron chi connectivity index (χ1n) is 10.4. The topological polar surface area (TPSA) is 121 Å². The number of hydrogen-bond acceptors (Lipinski definition) is 7. The second-order valence-corrected chi connectivity index (χ2v) is 8.77. The lowest BCUT2D eigenvalue weighted by molar-refractivity contribution is -0.174. The van der Waals surface area contributed by atoms with Crippen molar-refractivity contribution in [2.45, 2.75) is 18.0 Å². The maximum atomic E-state index is 15.1. The Balaban J connectivity index is 1.38. The Kier molecular flexibility index (Phi) is 5.03. The van der Waals surface area contributed by atoms with Crippen LogP contribution in [0.4, 0.5) is 37.2 Å². The van der Waals surface area contributed by atoms with E-state index >= 15 is 8.78 Å². The zero-order valence-electron chi connectivity index (χ0n) is 17.8. The fourth-order valence-corrected chi connectivity index (χ4v) is 4.59. The molecule has 5 heterocycles. The minimum atomic E-state index is -4.72. The predicted octanol–water partition coefficient (Wildman–Crippen LogP) is 1.11. The van der Waals surface area contributed by atoms with E-state index in [2.05, 4.69) is 25.5 Å². The smallest absolute Gasteiger partial charge is 0.422 e. The summed E-state index contributed by atoms with van der Waals surface area (Å²) in [6.45, 7) is -3.75. The van der Waals surface area contributed by atoms with Gasteiger partial charge in [-0.05, 0) is 6.07 Å². The summed E-state index contributed by atoms with van der Waals surface area (Å²) in [6, 6.07) is 0.798. The van der Waals surface area contributed by atoms with Gasteiger partial charge in [0.25, 0.3) is 5.92 Å². The number of rotatable bonds is 3. The molecule has 0 saturated carbocycles. The molecule has 3 aliphatic heterocycles. The van der Waals surface area contributed by atoms with Gasteiger partial charge in [-0.3, -0.25) is 10.1 Å². The Bertz CT molecular complexity index is 1210. The first-order valence-corrected chi connectivity index (χ1v) is 10.4. The zero-order chi connectivity index (χ0) is 25.2. The molecule has 4 amide bonds. The fraction of sp³-hybridized carbons (Fsp3) is 0.526. The lowest BCUT2D eigenvalue weighted by Crippen LogP contribution is -2.66. The van der Waals surface area contributed by atoms with Crippen molar-refractivity contribution in [3.63, 3.8) is 0 Å². The Morgan fingerprint density at radius 2 is 1.94 bits per heavy atom. The van der Waals surface area contributed by atoms with E-state index < -0.39 is 67.7 Å². The molecule has 3 aliphatic rings. The lowest BCUT2D eigenvalue weighted by Gasteiger charge is -2.49. The number of imide groups is 1. The van der Waals surface area contributed by atoms with Crippen LogP contribution in [0.2, 0.25) is 0 Å². The number of aromatic nitrogens is 3. The van der Waals surface area contributed by atoms with Crippen LogP contribution in [0.3, 0.4) is 0 Å². The zero-order valence-corrected chi connectivity index (χ0v) is 17.8. The van der Waals surface area contributed by atoms with E-state index in [9.17, 15) is 27.6 Å². The number of ether oxygens (including phenoxy) is 1. The minimum absolute atomic E-state index is 0.0353. The molecular weight excluding hydrogens is 485 g/mol. The summed E-state index contributed by atoms with van der Waals surface area (Å²) in [4.78, 5) is 41.8. The molecule has 2 N–H and O–H groups in total. The third kappa shape index (κ3) is 3.95. The molecule has 5 rings (SSSR count). The monoisotopic (exact) mass is 503 g/mol. The summed E-state index contributed by atoms with van der Waals surface area (Å²) < 4.78 is 72.6. The number of carbonyl (C=O) groups excluding carboxylic acids is 3. The number of likely N-dealkylation sites (tertiary alicyclic amines) is 1. The highest BCUT2D eigenvalue weighted by atomic mass is 19.4. The van der Waals surface area contributed by atoms with Gasteiger partial charge >= 0.3 is 18.3 Å². The van der Waals surface area contributed by atoms with Crippen LogP contribution in [-0.4, -0.2) is 89.0 Å². The molecule has 1 atom stereocenters. The van der Waals surface area contributed by atoms with Crippen LogP contribution in [-0.2, 0) is 9.53 Å². The summed E-state index contributed by atoms with van der Waals surface area (Å²) in [5.41, 5.74) is -0.951. The molecule has 3 fully saturated rings. The van der Waals surface area contributed by atoms with Gasteiger partial charge in [-0.25, -0.2) is 27.9 Å². The first-order chi connectivity index (χ1) is 16.4. The van der Waals surface area contributed by atoms with E-state index in [-0.39, 0.29) is 30.1 Å². The first kappa shape index (κ1) is 23.0. The van der Waals surface area contributed by atoms with Crippen molar-refractivity contribution in [2.24, 2.45) is 5.41 Å². The number of nitrogens with one attached hydrogen (secondary N) is 2. The van der Waals surface area contributed by atoms with Gasteiger partial charge in [-0.1, -0.05) is 0 Å². The number of fused-ring (bicyclic) bond motifs is 1. The highest BCUT2D eigenvalue weighted by Crippen LogP contribution is 2.51. The highest BCUT2D eigenvalue weighted by molar-refractivity contribution is 6.00. The van der Waals surface area contributed by atoms with Gasteiger partial charge in [0.15, 0.2) is 12.3 Å². The lowest BCUT2D eigenvalue weighted by atomic mass is 9.76. The largest absolute Gasteiger partial charge is 0.440 e. The Morgan fingerprint density at radius 1 is 1.20 bits per heavy atom. The highest BCUT2D eigenvalue weighted by Gasteiger charge is 2.67. The average Bonchev–Trinajstić information content (AvgIpc) is 3.31. The number of nitrogens with zero attached hydrogens (tertiary/aromatic N) is 5. The number of urea groups is 1. The number of anilines is 1. The van der Waals surface area contributed by atoms with Crippen molar-refractivity contribution in [1.29, 1.82) is 0 Å². The van der Waals surface area contributed by atoms with Crippen LogP contribution >= 0.6 is 0 Å². The number of alkyl halides is 5. The normalized spacial score (nSPS) is 23.3. The van der Waals surface area contributed by atoms with Gasteiger partial charge in [-0.15, -0.1) is 0 Å². The van der Waals surface area contributed by atoms with Crippen LogP contribution in [0.25, 0.3) is 5.65 Å². The second kappa shape index (κ2) is 7.64. The van der Waals surface area contributed by atoms with Crippen molar-refractivity contribution < 1.29 is 41.1 Å². The number of amides is 4. The quantitative estimate of drug-likeness (QED) is 0.602. The Hall–Kier alpha value is -3.72. The van der Waals surface area contributed by atoms with Gasteiger partial charge < -0.3 is 19.9 Å². The molecule has 11 nitrogen and oxygen atoms in total. The molecule has 35 heavy (non-hydrogen) atoms. The average molecular weight is 503 g/mol. The number of imidazole rings is 1. The number of carbonyl (C=O) groups is 3. The molecule has 0 aromatic carbocycles. The Morgan fingerprint density at radius 3 is 2.63 bits per heavy atom. The van der Waals surface area contributed by atoms with Crippen LogP contribution in [0, 0.1) is 5.41 Å². The van der Waals surface area contributed by atoms with Crippen LogP contribution in [0.5, 0.6) is 0 Å². The van der Waals surface area contributed by atoms with Crippen molar-refractivity contribution in [2.75, 3.05) is 44.2 Å². The van der Waals surface area contributed by atoms with Crippen molar-refractivity contribution in [3.8, 4) is 0 Å². The fourth-order valence-electron chi connectivity index (χ4n) is 4.59. The predicted molar refractivity (Wildman–Crippen MR) is 106 cm³/mol. The summed E-state index contributed by atoms with van der Waals surface area (Å²) in [5.74, 6) is -4.74. The van der Waals surface area contributed by atoms with Crippen molar-refractivity contribution >= 4 is 29.4 Å². The van der Waals surface area contributed by atoms with Crippen LogP contribution < -0.4 is 15.5 Å². The summed E-state index contributed by atoms with van der Waals surface area (Å²) >= 11 is 0. The number of halogens is 5. The van der Waals surface area contributed by atoms with Gasteiger partial charge in [0, 0.05) is 38.6 Å². The third-order valence-electron chi connectivity index (χ3n) is 6.34. The molecule has 2 aromatic rings. The van der Waals surface area contributed by atoms with Gasteiger partial charge in [0.2, 0.25) is 5.91 Å². The molecule has 0 bridgehead atoms. The molecule has 2 aromatic heterocycles. The van der Waals surface area contributed by atoms with E-state index in [4.69, 9.17) is 0 Å². The van der Waals surface area contributed by atoms with E-state index in [1.807, 2.05) is 0 Å². The summed E-state index contributed by atoms with van der Waals surface area (Å²) in [6.07, 6.45) is -3.15. The molecule has 3 saturated heterocycles. The van der Waals surface area contributed by atoms with E-state index in [1.165, 1.54) is 27.9 Å². The van der Waals surface area contributed by atoms with Crippen molar-refractivity contribution in [1.82, 2.24) is 30.1 Å². The third-order valence-corrected chi connectivity index (χ3v) is 6.34. The van der Waals surface area contributed by atoms with E-state index in [0.29, 0.717) is 0 Å². The van der Waals surface area contributed by atoms with Gasteiger partial charge in [0.05, 0.1) is 29.3 Å². The molecule has 0 aliphatic carbocycles. The molecule has 0 radical (unpaired) electrons. The van der Waals surface area contributed by atoms with E-state index in [0.717, 1.165) is 4.90 Å². The maximum absolute atomic E-state index is 15.1. The van der Waals surface area contributed by atoms with Crippen molar-refractivity contribution in [3.05, 3.63) is 24.2 Å². The summed E-state index contributed by atoms with van der Waals surface area (Å²) in [5, 5.41) is 8.93. The SMILES string of the molecule is O=C1NCC(c2cc(N3CC(F)(F)C4(CN(C(=O)OCC(F)(F)F)C4)C3)c3nccn3n2)C(=O)N1. The molecule has 188 valence electrons. The summed E-state index contributed by atoms with van der Waals surface area (Å²) in [7, 11) is 0. The molecule has 1 unspecified atom stereocenters. The van der Waals surface area contributed by atoms with E-state index in [1.54, 1.807) is 0 Å². The van der Waals surface area contributed by atoms with Crippen LogP contribution in [0.1, 0.15) is 11.6 Å².